The van der Waals surface area contributed by atoms with Crippen LogP contribution in [0.3, 0.4) is 0 Å². The molecule has 3 rings (SSSR count). The molecular weight excluding hydrogens is 449 g/mol. The number of hydrogen-bond donors (Lipinski definition) is 1. The average molecular weight is 467 g/mol. The molecular formula is C21H18Cl3N3OS. The minimum atomic E-state index is -0.181. The number of hydrazone groups is 1. The number of halogens is 3. The molecule has 0 bridgehead atoms. The first kappa shape index (κ1) is 21.8. The van der Waals surface area contributed by atoms with Gasteiger partial charge in [-0.15, -0.1) is 11.8 Å². The van der Waals surface area contributed by atoms with Crippen molar-refractivity contribution in [2.24, 2.45) is 5.10 Å². The van der Waals surface area contributed by atoms with Crippen molar-refractivity contribution in [1.29, 1.82) is 0 Å². The van der Waals surface area contributed by atoms with Crippen molar-refractivity contribution in [3.8, 4) is 5.69 Å². The number of aryl methyl sites for hydroxylation is 1. The first-order valence-corrected chi connectivity index (χ1v) is 10.8. The maximum atomic E-state index is 12.0. The Bertz CT molecular complexity index is 1060. The van der Waals surface area contributed by atoms with Gasteiger partial charge >= 0.3 is 0 Å². The second kappa shape index (κ2) is 9.72. The van der Waals surface area contributed by atoms with Crippen molar-refractivity contribution in [3.63, 3.8) is 0 Å². The van der Waals surface area contributed by atoms with E-state index in [1.54, 1.807) is 24.4 Å². The third-order valence-corrected chi connectivity index (χ3v) is 6.21. The highest BCUT2D eigenvalue weighted by Crippen LogP contribution is 2.27. The summed E-state index contributed by atoms with van der Waals surface area (Å²) in [5, 5.41) is 5.77. The first-order valence-electron chi connectivity index (χ1n) is 8.70. The highest BCUT2D eigenvalue weighted by Gasteiger charge is 2.11. The van der Waals surface area contributed by atoms with Crippen LogP contribution in [-0.2, 0) is 4.79 Å². The summed E-state index contributed by atoms with van der Waals surface area (Å²) in [4.78, 5) is 13.0. The molecule has 150 valence electrons. The molecule has 0 aliphatic heterocycles. The molecule has 1 aromatic heterocycles. The Hall–Kier alpha value is -1.92. The third-order valence-electron chi connectivity index (χ3n) is 4.21. The quantitative estimate of drug-likeness (QED) is 0.263. The second-order valence-corrected chi connectivity index (χ2v) is 8.60. The van der Waals surface area contributed by atoms with Crippen LogP contribution in [0.1, 0.15) is 17.0 Å². The van der Waals surface area contributed by atoms with Crippen LogP contribution in [-0.4, -0.2) is 22.4 Å². The summed E-state index contributed by atoms with van der Waals surface area (Å²) in [5.74, 6) is 0.0841. The van der Waals surface area contributed by atoms with E-state index >= 15 is 0 Å². The van der Waals surface area contributed by atoms with Crippen molar-refractivity contribution < 1.29 is 4.79 Å². The van der Waals surface area contributed by atoms with E-state index in [0.29, 0.717) is 15.1 Å². The van der Waals surface area contributed by atoms with E-state index in [9.17, 15) is 4.79 Å². The third kappa shape index (κ3) is 5.58. The molecule has 0 atom stereocenters. The van der Waals surface area contributed by atoms with Gasteiger partial charge in [-0.2, -0.15) is 5.10 Å². The fourth-order valence-electron chi connectivity index (χ4n) is 2.83. The van der Waals surface area contributed by atoms with Crippen LogP contribution in [0.15, 0.2) is 58.5 Å². The molecule has 1 heterocycles. The normalized spacial score (nSPS) is 11.2. The fourth-order valence-corrected chi connectivity index (χ4v) is 3.93. The van der Waals surface area contributed by atoms with Gasteiger partial charge in [-0.1, -0.05) is 34.8 Å². The minimum absolute atomic E-state index is 0.181. The van der Waals surface area contributed by atoms with Gasteiger partial charge in [-0.25, -0.2) is 5.43 Å². The lowest BCUT2D eigenvalue weighted by Crippen LogP contribution is -2.19. The number of carbonyl (C=O) groups is 1. The zero-order chi connectivity index (χ0) is 21.0. The molecule has 0 aliphatic rings. The van der Waals surface area contributed by atoms with Crippen molar-refractivity contribution >= 4 is 58.7 Å². The molecule has 0 aliphatic carbocycles. The number of amides is 1. The Kier molecular flexibility index (Phi) is 7.30. The maximum Gasteiger partial charge on any atom is 0.250 e. The Balaban J connectivity index is 1.64. The number of benzene rings is 2. The summed E-state index contributed by atoms with van der Waals surface area (Å²) in [6.45, 7) is 3.98. The van der Waals surface area contributed by atoms with Crippen LogP contribution in [0, 0.1) is 13.8 Å². The zero-order valence-corrected chi connectivity index (χ0v) is 18.8. The van der Waals surface area contributed by atoms with E-state index in [1.165, 1.54) is 11.8 Å². The molecule has 0 unspecified atom stereocenters. The van der Waals surface area contributed by atoms with E-state index in [0.717, 1.165) is 27.5 Å². The molecule has 0 saturated heterocycles. The number of aromatic nitrogens is 1. The largest absolute Gasteiger partial charge is 0.318 e. The highest BCUT2D eigenvalue weighted by molar-refractivity contribution is 8.00. The molecule has 2 aromatic carbocycles. The molecule has 3 aromatic rings. The number of rotatable bonds is 6. The molecule has 29 heavy (non-hydrogen) atoms. The summed E-state index contributed by atoms with van der Waals surface area (Å²) < 4.78 is 2.06. The van der Waals surface area contributed by atoms with Crippen molar-refractivity contribution in [1.82, 2.24) is 9.99 Å². The lowest BCUT2D eigenvalue weighted by Gasteiger charge is -2.10. The smallest absolute Gasteiger partial charge is 0.250 e. The number of thioether (sulfide) groups is 1. The van der Waals surface area contributed by atoms with Gasteiger partial charge in [0.1, 0.15) is 0 Å². The lowest BCUT2D eigenvalue weighted by molar-refractivity contribution is -0.118. The molecule has 1 amide bonds. The lowest BCUT2D eigenvalue weighted by atomic mass is 10.2. The Morgan fingerprint density at radius 1 is 1.07 bits per heavy atom. The maximum absolute atomic E-state index is 12.0. The standard InChI is InChI=1S/C21H18Cl3N3OS/c1-13-9-15(14(2)27(13)17-5-8-19(23)20(24)10-17)11-25-26-21(28)12-29-18-6-3-16(22)4-7-18/h3-11H,12H2,1-2H3,(H,26,28)/b25-11+. The number of hydrogen-bond acceptors (Lipinski definition) is 3. The predicted molar refractivity (Wildman–Crippen MR) is 123 cm³/mol. The number of nitrogens with one attached hydrogen (secondary N) is 1. The highest BCUT2D eigenvalue weighted by atomic mass is 35.5. The fraction of sp³-hybridized carbons (Fsp3) is 0.143. The number of carbonyl (C=O) groups excluding carboxylic acids is 1. The van der Waals surface area contributed by atoms with Crippen molar-refractivity contribution in [2.75, 3.05) is 5.75 Å². The molecule has 0 spiro atoms. The van der Waals surface area contributed by atoms with E-state index in [4.69, 9.17) is 34.8 Å². The van der Waals surface area contributed by atoms with E-state index in [-0.39, 0.29) is 11.7 Å². The van der Waals surface area contributed by atoms with Crippen LogP contribution in [0.4, 0.5) is 0 Å². The van der Waals surface area contributed by atoms with Crippen LogP contribution in [0.2, 0.25) is 15.1 Å². The summed E-state index contributed by atoms with van der Waals surface area (Å²) in [7, 11) is 0. The zero-order valence-electron chi connectivity index (χ0n) is 15.7. The molecule has 4 nitrogen and oxygen atoms in total. The van der Waals surface area contributed by atoms with Gasteiger partial charge in [-0.3, -0.25) is 4.79 Å². The average Bonchev–Trinajstić information content (AvgIpc) is 2.97. The molecule has 8 heteroatoms. The Labute approximate surface area is 188 Å². The van der Waals surface area contributed by atoms with Gasteiger partial charge in [0.05, 0.1) is 22.0 Å². The van der Waals surface area contributed by atoms with Gasteiger partial charge in [0.2, 0.25) is 5.91 Å². The van der Waals surface area contributed by atoms with Crippen molar-refractivity contribution in [2.45, 2.75) is 18.7 Å². The Morgan fingerprint density at radius 2 is 1.79 bits per heavy atom. The molecule has 0 fully saturated rings. The van der Waals surface area contributed by atoms with E-state index < -0.39 is 0 Å². The minimum Gasteiger partial charge on any atom is -0.318 e. The molecule has 0 saturated carbocycles. The summed E-state index contributed by atoms with van der Waals surface area (Å²) in [6.07, 6.45) is 1.64. The Morgan fingerprint density at radius 3 is 2.48 bits per heavy atom. The van der Waals surface area contributed by atoms with E-state index in [2.05, 4.69) is 15.1 Å². The number of nitrogens with zero attached hydrogens (tertiary/aromatic N) is 2. The van der Waals surface area contributed by atoms with E-state index in [1.807, 2.05) is 44.2 Å². The van der Waals surface area contributed by atoms with Crippen LogP contribution in [0.5, 0.6) is 0 Å². The van der Waals surface area contributed by atoms with Gasteiger partial charge in [0, 0.05) is 32.6 Å². The summed E-state index contributed by atoms with van der Waals surface area (Å²) in [6, 6.07) is 14.8. The van der Waals surface area contributed by atoms with Crippen molar-refractivity contribution in [3.05, 3.63) is 80.6 Å². The van der Waals surface area contributed by atoms with Crippen LogP contribution < -0.4 is 5.43 Å². The molecule has 0 radical (unpaired) electrons. The predicted octanol–water partition coefficient (Wildman–Crippen LogP) is 6.30. The monoisotopic (exact) mass is 465 g/mol. The SMILES string of the molecule is Cc1cc(/C=N/NC(=O)CSc2ccc(Cl)cc2)c(C)n1-c1ccc(Cl)c(Cl)c1. The topological polar surface area (TPSA) is 46.4 Å². The van der Waals surface area contributed by atoms with Gasteiger partial charge in [0.25, 0.3) is 0 Å². The molecule has 1 N–H and O–H groups in total. The van der Waals surface area contributed by atoms with Gasteiger partial charge in [0.15, 0.2) is 0 Å². The van der Waals surface area contributed by atoms with Crippen LogP contribution >= 0.6 is 46.6 Å². The van der Waals surface area contributed by atoms with Gasteiger partial charge in [-0.05, 0) is 62.4 Å². The second-order valence-electron chi connectivity index (χ2n) is 6.30. The van der Waals surface area contributed by atoms with Gasteiger partial charge < -0.3 is 4.57 Å². The summed E-state index contributed by atoms with van der Waals surface area (Å²) in [5.41, 5.74) is 6.38. The van der Waals surface area contributed by atoms with Crippen LogP contribution in [0.25, 0.3) is 5.69 Å². The summed E-state index contributed by atoms with van der Waals surface area (Å²) >= 11 is 19.4. The first-order chi connectivity index (χ1) is 13.8.